The van der Waals surface area contributed by atoms with Crippen molar-refractivity contribution in [2.24, 2.45) is 0 Å². The minimum Gasteiger partial charge on any atom is -0.488 e. The molecule has 3 heterocycles. The first-order valence-corrected chi connectivity index (χ1v) is 9.25. The summed E-state index contributed by atoms with van der Waals surface area (Å²) in [5, 5.41) is 0. The van der Waals surface area contributed by atoms with E-state index in [0.717, 1.165) is 22.8 Å². The second-order valence-corrected chi connectivity index (χ2v) is 6.57. The Kier molecular flexibility index (Phi) is 5.29. The van der Waals surface area contributed by atoms with Gasteiger partial charge in [0.15, 0.2) is 11.6 Å². The fourth-order valence-electron chi connectivity index (χ4n) is 3.29. The van der Waals surface area contributed by atoms with Crippen LogP contribution in [-0.4, -0.2) is 43.3 Å². The third kappa shape index (κ3) is 3.99. The molecule has 3 aromatic rings. The molecule has 1 aliphatic heterocycles. The molecule has 29 heavy (non-hydrogen) atoms. The Morgan fingerprint density at radius 3 is 2.83 bits per heavy atom. The predicted molar refractivity (Wildman–Crippen MR) is 108 cm³/mol. The Hall–Kier alpha value is -3.61. The van der Waals surface area contributed by atoms with Gasteiger partial charge in [-0.15, -0.1) is 0 Å². The molecule has 7 heteroatoms. The van der Waals surface area contributed by atoms with Gasteiger partial charge in [0.2, 0.25) is 5.88 Å². The highest BCUT2D eigenvalue weighted by Crippen LogP contribution is 2.35. The molecule has 0 saturated carbocycles. The van der Waals surface area contributed by atoms with Gasteiger partial charge in [-0.05, 0) is 41.8 Å². The van der Waals surface area contributed by atoms with Crippen LogP contribution in [0.5, 0.6) is 11.6 Å². The Morgan fingerprint density at radius 1 is 1.14 bits per heavy atom. The first kappa shape index (κ1) is 18.7. The number of nitrogens with zero attached hydrogens (tertiary/aromatic N) is 3. The summed E-state index contributed by atoms with van der Waals surface area (Å²) in [5.74, 6) is 2.41. The molecule has 0 aliphatic carbocycles. The van der Waals surface area contributed by atoms with Gasteiger partial charge in [0.05, 0.1) is 26.3 Å². The molecular formula is C22H21N3O4. The van der Waals surface area contributed by atoms with Crippen molar-refractivity contribution in [1.29, 1.82) is 0 Å². The number of aromatic nitrogens is 2. The normalized spacial score (nSPS) is 12.7. The molecule has 7 nitrogen and oxygen atoms in total. The number of esters is 1. The number of methoxy groups -OCH3 is 2. The van der Waals surface area contributed by atoms with Crippen molar-refractivity contribution in [3.05, 3.63) is 71.4 Å². The lowest BCUT2D eigenvalue weighted by molar-refractivity contribution is 0.0600. The number of fused-ring (bicyclic) bond motifs is 1. The van der Waals surface area contributed by atoms with Crippen molar-refractivity contribution in [1.82, 2.24) is 9.97 Å². The smallest absolute Gasteiger partial charge is 0.337 e. The molecular weight excluding hydrogens is 370 g/mol. The lowest BCUT2D eigenvalue weighted by Crippen LogP contribution is -2.30. The predicted octanol–water partition coefficient (Wildman–Crippen LogP) is 3.39. The van der Waals surface area contributed by atoms with Crippen LogP contribution in [0.25, 0.3) is 0 Å². The van der Waals surface area contributed by atoms with Crippen LogP contribution in [0.15, 0.2) is 54.7 Å². The van der Waals surface area contributed by atoms with Gasteiger partial charge in [-0.25, -0.2) is 9.78 Å². The van der Waals surface area contributed by atoms with E-state index in [9.17, 15) is 4.79 Å². The van der Waals surface area contributed by atoms with E-state index in [4.69, 9.17) is 14.2 Å². The number of pyridine rings is 2. The third-order valence-electron chi connectivity index (χ3n) is 4.67. The zero-order valence-electron chi connectivity index (χ0n) is 16.3. The Balaban J connectivity index is 1.59. The van der Waals surface area contributed by atoms with E-state index in [1.165, 1.54) is 7.11 Å². The van der Waals surface area contributed by atoms with E-state index in [2.05, 4.69) is 9.97 Å². The van der Waals surface area contributed by atoms with E-state index in [1.807, 2.05) is 53.6 Å². The minimum atomic E-state index is -0.347. The maximum Gasteiger partial charge on any atom is 0.337 e. The molecule has 0 amide bonds. The summed E-state index contributed by atoms with van der Waals surface area (Å²) >= 11 is 0. The average Bonchev–Trinajstić information content (AvgIpc) is 2.78. The number of rotatable bonds is 5. The quantitative estimate of drug-likeness (QED) is 0.617. The van der Waals surface area contributed by atoms with Crippen molar-refractivity contribution in [2.45, 2.75) is 6.42 Å². The molecule has 0 N–H and O–H groups in total. The second-order valence-electron chi connectivity index (χ2n) is 6.57. The molecule has 2 aromatic heterocycles. The van der Waals surface area contributed by atoms with Gasteiger partial charge < -0.3 is 19.1 Å². The second kappa shape index (κ2) is 8.18. The van der Waals surface area contributed by atoms with Gasteiger partial charge >= 0.3 is 5.97 Å². The number of anilines is 2. The van der Waals surface area contributed by atoms with E-state index in [1.54, 1.807) is 13.2 Å². The standard InChI is InChI=1S/C22H21N3O4/c1-27-20-8-4-7-19(24-20)25-9-10-29-18-13-16(14-23-21(18)25)11-15-5-3-6-17(12-15)22(26)28-2/h3-8,12-14H,9-11H2,1-2H3. The Morgan fingerprint density at radius 2 is 2.00 bits per heavy atom. The zero-order chi connectivity index (χ0) is 20.2. The summed E-state index contributed by atoms with van der Waals surface area (Å²) in [4.78, 5) is 22.9. The maximum absolute atomic E-state index is 11.8. The maximum atomic E-state index is 11.8. The molecule has 148 valence electrons. The number of carbonyl (C=O) groups excluding carboxylic acids is 1. The van der Waals surface area contributed by atoms with Crippen LogP contribution in [0.3, 0.4) is 0 Å². The lowest BCUT2D eigenvalue weighted by atomic mass is 10.0. The highest BCUT2D eigenvalue weighted by molar-refractivity contribution is 5.89. The molecule has 0 unspecified atom stereocenters. The number of benzene rings is 1. The van der Waals surface area contributed by atoms with Gasteiger partial charge in [-0.2, -0.15) is 4.98 Å². The SMILES string of the molecule is COC(=O)c1cccc(Cc2cnc3c(c2)OCCN3c2cccc(OC)n2)c1. The summed E-state index contributed by atoms with van der Waals surface area (Å²) in [6, 6.07) is 15.0. The Labute approximate surface area is 168 Å². The van der Waals surface area contributed by atoms with Crippen LogP contribution in [0, 0.1) is 0 Å². The minimum absolute atomic E-state index is 0.347. The Bertz CT molecular complexity index is 1040. The van der Waals surface area contributed by atoms with E-state index < -0.39 is 0 Å². The number of carbonyl (C=O) groups is 1. The van der Waals surface area contributed by atoms with Crippen LogP contribution in [0.1, 0.15) is 21.5 Å². The molecule has 0 bridgehead atoms. The summed E-state index contributed by atoms with van der Waals surface area (Å²) in [6.45, 7) is 1.19. The van der Waals surface area contributed by atoms with Crippen LogP contribution in [0.4, 0.5) is 11.6 Å². The molecule has 0 atom stereocenters. The van der Waals surface area contributed by atoms with Crippen LogP contribution in [0.2, 0.25) is 0 Å². The molecule has 1 aliphatic rings. The molecule has 0 spiro atoms. The van der Waals surface area contributed by atoms with Crippen LogP contribution in [-0.2, 0) is 11.2 Å². The lowest BCUT2D eigenvalue weighted by Gasteiger charge is -2.29. The number of hydrogen-bond acceptors (Lipinski definition) is 7. The zero-order valence-corrected chi connectivity index (χ0v) is 16.3. The first-order valence-electron chi connectivity index (χ1n) is 9.25. The highest BCUT2D eigenvalue weighted by atomic mass is 16.5. The van der Waals surface area contributed by atoms with Gasteiger partial charge in [-0.3, -0.25) is 0 Å². The summed E-state index contributed by atoms with van der Waals surface area (Å²) < 4.78 is 15.9. The molecule has 4 rings (SSSR count). The number of ether oxygens (including phenoxy) is 3. The summed E-state index contributed by atoms with van der Waals surface area (Å²) in [5.41, 5.74) is 2.52. The van der Waals surface area contributed by atoms with Gasteiger partial charge in [0.1, 0.15) is 12.4 Å². The highest BCUT2D eigenvalue weighted by Gasteiger charge is 2.23. The van der Waals surface area contributed by atoms with Crippen molar-refractivity contribution in [3.8, 4) is 11.6 Å². The van der Waals surface area contributed by atoms with Crippen LogP contribution < -0.4 is 14.4 Å². The summed E-state index contributed by atoms with van der Waals surface area (Å²) in [6.07, 6.45) is 2.46. The largest absolute Gasteiger partial charge is 0.488 e. The van der Waals surface area contributed by atoms with Crippen LogP contribution >= 0.6 is 0 Å². The molecule has 0 radical (unpaired) electrons. The van der Waals surface area contributed by atoms with Crippen molar-refractivity contribution in [3.63, 3.8) is 0 Å². The number of hydrogen-bond donors (Lipinski definition) is 0. The molecule has 0 fully saturated rings. The average molecular weight is 391 g/mol. The van der Waals surface area contributed by atoms with Gasteiger partial charge in [0.25, 0.3) is 0 Å². The molecule has 1 aromatic carbocycles. The first-order chi connectivity index (χ1) is 14.2. The van der Waals surface area contributed by atoms with E-state index in [0.29, 0.717) is 36.8 Å². The topological polar surface area (TPSA) is 73.8 Å². The van der Waals surface area contributed by atoms with Gasteiger partial charge in [0, 0.05) is 12.3 Å². The fraction of sp³-hybridized carbons (Fsp3) is 0.227. The van der Waals surface area contributed by atoms with Crippen molar-refractivity contribution >= 4 is 17.6 Å². The fourth-order valence-corrected chi connectivity index (χ4v) is 3.29. The van der Waals surface area contributed by atoms with E-state index in [-0.39, 0.29) is 5.97 Å². The summed E-state index contributed by atoms with van der Waals surface area (Å²) in [7, 11) is 2.97. The van der Waals surface area contributed by atoms with Crippen molar-refractivity contribution in [2.75, 3.05) is 32.3 Å². The monoisotopic (exact) mass is 391 g/mol. The third-order valence-corrected chi connectivity index (χ3v) is 4.67. The van der Waals surface area contributed by atoms with E-state index >= 15 is 0 Å². The van der Waals surface area contributed by atoms with Crippen molar-refractivity contribution < 1.29 is 19.0 Å². The van der Waals surface area contributed by atoms with Gasteiger partial charge in [-0.1, -0.05) is 18.2 Å². The molecule has 0 saturated heterocycles.